The average molecular weight is 245 g/mol. The van der Waals surface area contributed by atoms with E-state index in [-0.39, 0.29) is 0 Å². The maximum absolute atomic E-state index is 7.45. The van der Waals surface area contributed by atoms with Gasteiger partial charge in [0.25, 0.3) is 0 Å². The van der Waals surface area contributed by atoms with E-state index in [0.717, 1.165) is 22.9 Å². The van der Waals surface area contributed by atoms with Crippen LogP contribution in [0.4, 0.5) is 11.4 Å². The normalized spacial score (nSPS) is 23.4. The molecule has 3 heteroatoms. The molecule has 0 bridgehead atoms. The molecule has 0 heterocycles. The molecule has 3 nitrogen and oxygen atoms in total. The molecular weight excluding hydrogens is 222 g/mol. The Kier molecular flexibility index (Phi) is 4.24. The van der Waals surface area contributed by atoms with E-state index in [9.17, 15) is 0 Å². The second-order valence-corrected chi connectivity index (χ2v) is 5.21. The van der Waals surface area contributed by atoms with Crippen molar-refractivity contribution in [1.82, 2.24) is 0 Å². The van der Waals surface area contributed by atoms with Crippen LogP contribution in [0.2, 0.25) is 0 Å². The molecule has 1 aromatic rings. The SMILES string of the molecule is CNc1ccc(NC2CCCCC2C)cc1C=N. The van der Waals surface area contributed by atoms with Crippen LogP contribution in [-0.2, 0) is 0 Å². The minimum absolute atomic E-state index is 0.581. The quantitative estimate of drug-likeness (QED) is 0.708. The number of benzene rings is 1. The Morgan fingerprint density at radius 1 is 1.28 bits per heavy atom. The molecule has 1 fully saturated rings. The van der Waals surface area contributed by atoms with Gasteiger partial charge in [-0.15, -0.1) is 0 Å². The zero-order chi connectivity index (χ0) is 13.0. The summed E-state index contributed by atoms with van der Waals surface area (Å²) in [7, 11) is 1.89. The van der Waals surface area contributed by atoms with Gasteiger partial charge in [0.05, 0.1) is 0 Å². The summed E-state index contributed by atoms with van der Waals surface area (Å²) in [5.74, 6) is 0.742. The monoisotopic (exact) mass is 245 g/mol. The highest BCUT2D eigenvalue weighted by atomic mass is 14.9. The first-order valence-electron chi connectivity index (χ1n) is 6.83. The highest BCUT2D eigenvalue weighted by Gasteiger charge is 2.20. The van der Waals surface area contributed by atoms with Gasteiger partial charge in [0.15, 0.2) is 0 Å². The Morgan fingerprint density at radius 2 is 2.06 bits per heavy atom. The molecular formula is C15H23N3. The topological polar surface area (TPSA) is 47.9 Å². The summed E-state index contributed by atoms with van der Waals surface area (Å²) in [6.07, 6.45) is 6.68. The van der Waals surface area contributed by atoms with Crippen molar-refractivity contribution in [2.45, 2.75) is 38.6 Å². The van der Waals surface area contributed by atoms with Crippen LogP contribution < -0.4 is 10.6 Å². The molecule has 0 saturated heterocycles. The molecule has 0 spiro atoms. The first-order chi connectivity index (χ1) is 8.74. The van der Waals surface area contributed by atoms with Crippen LogP contribution in [0.1, 0.15) is 38.2 Å². The molecule has 2 atom stereocenters. The van der Waals surface area contributed by atoms with Gasteiger partial charge in [0, 0.05) is 36.2 Å². The zero-order valence-electron chi connectivity index (χ0n) is 11.3. The van der Waals surface area contributed by atoms with Crippen LogP contribution in [0.5, 0.6) is 0 Å². The van der Waals surface area contributed by atoms with Gasteiger partial charge in [-0.25, -0.2) is 0 Å². The van der Waals surface area contributed by atoms with Crippen molar-refractivity contribution in [2.75, 3.05) is 17.7 Å². The Morgan fingerprint density at radius 3 is 2.72 bits per heavy atom. The number of hydrogen-bond donors (Lipinski definition) is 3. The Bertz CT molecular complexity index is 414. The van der Waals surface area contributed by atoms with Gasteiger partial charge in [0.1, 0.15) is 0 Å². The van der Waals surface area contributed by atoms with E-state index in [1.54, 1.807) is 0 Å². The van der Waals surface area contributed by atoms with Crippen molar-refractivity contribution < 1.29 is 0 Å². The van der Waals surface area contributed by atoms with E-state index in [1.807, 2.05) is 13.1 Å². The first-order valence-corrected chi connectivity index (χ1v) is 6.83. The van der Waals surface area contributed by atoms with Crippen LogP contribution in [-0.4, -0.2) is 19.3 Å². The molecule has 1 aromatic carbocycles. The summed E-state index contributed by atoms with van der Waals surface area (Å²) in [4.78, 5) is 0. The van der Waals surface area contributed by atoms with E-state index in [4.69, 9.17) is 5.41 Å². The lowest BCUT2D eigenvalue weighted by molar-refractivity contribution is 0.349. The standard InChI is InChI=1S/C15H23N3/c1-11-5-3-4-6-14(11)18-13-7-8-15(17-2)12(9-13)10-16/h7-11,14,16-18H,3-6H2,1-2H3. The summed E-state index contributed by atoms with van der Waals surface area (Å²) in [5.41, 5.74) is 3.07. The predicted molar refractivity (Wildman–Crippen MR) is 78.9 cm³/mol. The van der Waals surface area contributed by atoms with E-state index in [2.05, 4.69) is 29.7 Å². The second-order valence-electron chi connectivity index (χ2n) is 5.21. The summed E-state index contributed by atoms with van der Waals surface area (Å²) in [6, 6.07) is 6.77. The maximum Gasteiger partial charge on any atom is 0.0428 e. The maximum atomic E-state index is 7.45. The molecule has 0 aliphatic heterocycles. The van der Waals surface area contributed by atoms with Crippen molar-refractivity contribution in [3.63, 3.8) is 0 Å². The van der Waals surface area contributed by atoms with Crippen molar-refractivity contribution in [1.29, 1.82) is 5.41 Å². The lowest BCUT2D eigenvalue weighted by atomic mass is 9.86. The van der Waals surface area contributed by atoms with E-state index in [1.165, 1.54) is 31.9 Å². The Labute approximate surface area is 109 Å². The van der Waals surface area contributed by atoms with Gasteiger partial charge >= 0.3 is 0 Å². The summed E-state index contributed by atoms with van der Waals surface area (Å²) in [6.45, 7) is 2.33. The minimum Gasteiger partial charge on any atom is -0.388 e. The molecule has 0 aromatic heterocycles. The van der Waals surface area contributed by atoms with Gasteiger partial charge in [-0.1, -0.05) is 19.8 Å². The zero-order valence-corrected chi connectivity index (χ0v) is 11.3. The fourth-order valence-corrected chi connectivity index (χ4v) is 2.74. The smallest absolute Gasteiger partial charge is 0.0428 e. The highest BCUT2D eigenvalue weighted by Crippen LogP contribution is 2.28. The Balaban J connectivity index is 2.11. The summed E-state index contributed by atoms with van der Waals surface area (Å²) >= 11 is 0. The van der Waals surface area contributed by atoms with Crippen molar-refractivity contribution in [2.24, 2.45) is 5.92 Å². The fourth-order valence-electron chi connectivity index (χ4n) is 2.74. The second kappa shape index (κ2) is 5.89. The lowest BCUT2D eigenvalue weighted by Gasteiger charge is -2.30. The third-order valence-corrected chi connectivity index (χ3v) is 3.94. The highest BCUT2D eigenvalue weighted by molar-refractivity contribution is 5.87. The van der Waals surface area contributed by atoms with Gasteiger partial charge in [0.2, 0.25) is 0 Å². The minimum atomic E-state index is 0.581. The molecule has 1 saturated carbocycles. The van der Waals surface area contributed by atoms with E-state index >= 15 is 0 Å². The van der Waals surface area contributed by atoms with Gasteiger partial charge in [-0.2, -0.15) is 0 Å². The molecule has 3 N–H and O–H groups in total. The molecule has 1 aliphatic rings. The number of nitrogens with one attached hydrogen (secondary N) is 3. The van der Waals surface area contributed by atoms with Crippen LogP contribution in [0.25, 0.3) is 0 Å². The van der Waals surface area contributed by atoms with E-state index < -0.39 is 0 Å². The molecule has 2 unspecified atom stereocenters. The van der Waals surface area contributed by atoms with Crippen molar-refractivity contribution >= 4 is 17.6 Å². The molecule has 2 rings (SSSR count). The number of rotatable bonds is 4. The van der Waals surface area contributed by atoms with E-state index in [0.29, 0.717) is 6.04 Å². The molecule has 0 amide bonds. The van der Waals surface area contributed by atoms with Crippen molar-refractivity contribution in [3.8, 4) is 0 Å². The largest absolute Gasteiger partial charge is 0.388 e. The van der Waals surface area contributed by atoms with Crippen LogP contribution in [0, 0.1) is 11.3 Å². The third kappa shape index (κ3) is 2.84. The van der Waals surface area contributed by atoms with Gasteiger partial charge in [-0.05, 0) is 37.0 Å². The lowest BCUT2D eigenvalue weighted by Crippen LogP contribution is -2.30. The van der Waals surface area contributed by atoms with Gasteiger partial charge < -0.3 is 16.0 Å². The summed E-state index contributed by atoms with van der Waals surface area (Å²) < 4.78 is 0. The van der Waals surface area contributed by atoms with Crippen molar-refractivity contribution in [3.05, 3.63) is 23.8 Å². The number of hydrogen-bond acceptors (Lipinski definition) is 3. The molecule has 0 radical (unpaired) electrons. The molecule has 98 valence electrons. The molecule has 1 aliphatic carbocycles. The fraction of sp³-hybridized carbons (Fsp3) is 0.533. The van der Waals surface area contributed by atoms with Crippen LogP contribution in [0.15, 0.2) is 18.2 Å². The average Bonchev–Trinajstić information content (AvgIpc) is 2.41. The molecule has 18 heavy (non-hydrogen) atoms. The predicted octanol–water partition coefficient (Wildman–Crippen LogP) is 3.72. The third-order valence-electron chi connectivity index (χ3n) is 3.94. The summed E-state index contributed by atoms with van der Waals surface area (Å²) in [5, 5.41) is 14.2. The Hall–Kier alpha value is -1.51. The van der Waals surface area contributed by atoms with Crippen LogP contribution in [0.3, 0.4) is 0 Å². The first kappa shape index (κ1) is 12.9. The van der Waals surface area contributed by atoms with Crippen LogP contribution >= 0.6 is 0 Å². The number of anilines is 2. The van der Waals surface area contributed by atoms with Gasteiger partial charge in [-0.3, -0.25) is 0 Å².